The Labute approximate surface area is 173 Å². The number of esters is 1. The van der Waals surface area contributed by atoms with E-state index >= 15 is 0 Å². The molecule has 0 fully saturated rings. The van der Waals surface area contributed by atoms with Gasteiger partial charge in [-0.1, -0.05) is 36.4 Å². The van der Waals surface area contributed by atoms with E-state index in [0.29, 0.717) is 11.3 Å². The molecule has 0 bridgehead atoms. The number of carbonyl (C=O) groups excluding carboxylic acids is 2. The van der Waals surface area contributed by atoms with Gasteiger partial charge < -0.3 is 14.8 Å². The lowest BCUT2D eigenvalue weighted by Gasteiger charge is -2.10. The smallest absolute Gasteiger partial charge is 0.340 e. The van der Waals surface area contributed by atoms with E-state index in [1.165, 1.54) is 18.2 Å². The van der Waals surface area contributed by atoms with Gasteiger partial charge in [-0.15, -0.1) is 0 Å². The fraction of sp³-hybridized carbons (Fsp3) is 0.0833. The quantitative estimate of drug-likeness (QED) is 0.451. The highest BCUT2D eigenvalue weighted by Crippen LogP contribution is 2.18. The second kappa shape index (κ2) is 10.0. The van der Waals surface area contributed by atoms with Crippen LogP contribution in [0.3, 0.4) is 0 Å². The topological polar surface area (TPSA) is 64.6 Å². The molecule has 3 rings (SSSR count). The largest absolute Gasteiger partial charge is 0.497 e. The molecule has 0 unspecified atom stereocenters. The Morgan fingerprint density at radius 2 is 1.67 bits per heavy atom. The molecule has 5 nitrogen and oxygen atoms in total. The first-order valence-corrected chi connectivity index (χ1v) is 9.19. The molecule has 0 aliphatic carbocycles. The van der Waals surface area contributed by atoms with Crippen LogP contribution in [0.5, 0.6) is 5.75 Å². The maximum absolute atomic E-state index is 13.0. The van der Waals surface area contributed by atoms with E-state index in [2.05, 4.69) is 5.32 Å². The normalized spacial score (nSPS) is 10.6. The standard InChI is InChI=1S/C24H20FNO4/c1-29-20-13-8-17(9-14-20)10-15-23(27)26-22-5-3-2-4-21(22)24(28)30-16-18-6-11-19(25)12-7-18/h2-15H,16H2,1H3,(H,26,27)/b15-10+. The van der Waals surface area contributed by atoms with Gasteiger partial charge in [-0.25, -0.2) is 9.18 Å². The zero-order valence-corrected chi connectivity index (χ0v) is 16.3. The Hall–Kier alpha value is -3.93. The number of anilines is 1. The highest BCUT2D eigenvalue weighted by molar-refractivity contribution is 6.06. The Balaban J connectivity index is 1.63. The summed E-state index contributed by atoms with van der Waals surface area (Å²) in [5.41, 5.74) is 2.06. The average molecular weight is 405 g/mol. The van der Waals surface area contributed by atoms with Gasteiger partial charge >= 0.3 is 5.97 Å². The fourth-order valence-electron chi connectivity index (χ4n) is 2.64. The highest BCUT2D eigenvalue weighted by atomic mass is 19.1. The Morgan fingerprint density at radius 1 is 0.967 bits per heavy atom. The van der Waals surface area contributed by atoms with Crippen molar-refractivity contribution in [3.8, 4) is 5.75 Å². The SMILES string of the molecule is COc1ccc(/C=C/C(=O)Nc2ccccc2C(=O)OCc2ccc(F)cc2)cc1. The fourth-order valence-corrected chi connectivity index (χ4v) is 2.64. The van der Waals surface area contributed by atoms with Crippen LogP contribution in [0.2, 0.25) is 0 Å². The van der Waals surface area contributed by atoms with Crippen LogP contribution >= 0.6 is 0 Å². The van der Waals surface area contributed by atoms with Crippen LogP contribution in [0.1, 0.15) is 21.5 Å². The zero-order valence-electron chi connectivity index (χ0n) is 16.3. The third kappa shape index (κ3) is 5.78. The third-order valence-electron chi connectivity index (χ3n) is 4.23. The lowest BCUT2D eigenvalue weighted by atomic mass is 10.1. The molecule has 0 saturated heterocycles. The van der Waals surface area contributed by atoms with Gasteiger partial charge in [0.05, 0.1) is 18.4 Å². The minimum Gasteiger partial charge on any atom is -0.497 e. The van der Waals surface area contributed by atoms with Crippen LogP contribution in [-0.4, -0.2) is 19.0 Å². The Bertz CT molecular complexity index is 1040. The molecule has 1 N–H and O–H groups in total. The van der Waals surface area contributed by atoms with Gasteiger partial charge in [0.1, 0.15) is 18.2 Å². The lowest BCUT2D eigenvalue weighted by molar-refractivity contribution is -0.111. The van der Waals surface area contributed by atoms with Crippen LogP contribution in [-0.2, 0) is 16.1 Å². The van der Waals surface area contributed by atoms with Gasteiger partial charge in [-0.2, -0.15) is 0 Å². The monoisotopic (exact) mass is 405 g/mol. The predicted octanol–water partition coefficient (Wildman–Crippen LogP) is 4.84. The molecule has 30 heavy (non-hydrogen) atoms. The molecule has 152 valence electrons. The summed E-state index contributed by atoms with van der Waals surface area (Å²) in [5, 5.41) is 2.69. The number of halogens is 1. The molecule has 3 aromatic rings. The molecule has 0 radical (unpaired) electrons. The number of amides is 1. The van der Waals surface area contributed by atoms with Gasteiger partial charge in [0.25, 0.3) is 0 Å². The number of benzene rings is 3. The molecule has 0 atom stereocenters. The number of para-hydroxylation sites is 1. The Morgan fingerprint density at radius 3 is 2.37 bits per heavy atom. The first kappa shape index (κ1) is 20.8. The summed E-state index contributed by atoms with van der Waals surface area (Å²) in [4.78, 5) is 24.7. The van der Waals surface area contributed by atoms with Crippen molar-refractivity contribution in [2.45, 2.75) is 6.61 Å². The van der Waals surface area contributed by atoms with E-state index in [4.69, 9.17) is 9.47 Å². The summed E-state index contributed by atoms with van der Waals surface area (Å²) in [6, 6.07) is 19.5. The zero-order chi connectivity index (χ0) is 21.3. The summed E-state index contributed by atoms with van der Waals surface area (Å²) in [6.07, 6.45) is 3.03. The maximum Gasteiger partial charge on any atom is 0.340 e. The van der Waals surface area contributed by atoms with E-state index in [1.807, 2.05) is 12.1 Å². The first-order valence-electron chi connectivity index (χ1n) is 9.19. The van der Waals surface area contributed by atoms with Gasteiger partial charge in [0.15, 0.2) is 0 Å². The molecule has 3 aromatic carbocycles. The molecular weight excluding hydrogens is 385 g/mol. The molecule has 0 saturated carbocycles. The molecule has 0 spiro atoms. The minimum atomic E-state index is -0.589. The highest BCUT2D eigenvalue weighted by Gasteiger charge is 2.14. The van der Waals surface area contributed by atoms with E-state index in [-0.39, 0.29) is 23.9 Å². The maximum atomic E-state index is 13.0. The number of nitrogens with one attached hydrogen (secondary N) is 1. The summed E-state index contributed by atoms with van der Waals surface area (Å²) in [6.45, 7) is -0.00122. The predicted molar refractivity (Wildman–Crippen MR) is 113 cm³/mol. The van der Waals surface area contributed by atoms with E-state index in [0.717, 1.165) is 11.3 Å². The second-order valence-corrected chi connectivity index (χ2v) is 6.34. The van der Waals surface area contributed by atoms with Gasteiger partial charge in [0, 0.05) is 6.08 Å². The molecule has 0 aliphatic heterocycles. The van der Waals surface area contributed by atoms with Crippen LogP contribution in [0.4, 0.5) is 10.1 Å². The average Bonchev–Trinajstić information content (AvgIpc) is 2.78. The molecule has 0 heterocycles. The van der Waals surface area contributed by atoms with Crippen LogP contribution in [0, 0.1) is 5.82 Å². The van der Waals surface area contributed by atoms with Crippen molar-refractivity contribution in [1.29, 1.82) is 0 Å². The van der Waals surface area contributed by atoms with E-state index < -0.39 is 5.97 Å². The summed E-state index contributed by atoms with van der Waals surface area (Å²) in [5.74, 6) is -0.607. The van der Waals surface area contributed by atoms with Crippen LogP contribution in [0.15, 0.2) is 78.9 Å². The third-order valence-corrected chi connectivity index (χ3v) is 4.23. The van der Waals surface area contributed by atoms with Crippen molar-refractivity contribution in [2.24, 2.45) is 0 Å². The van der Waals surface area contributed by atoms with Gasteiger partial charge in [-0.3, -0.25) is 4.79 Å². The van der Waals surface area contributed by atoms with Gasteiger partial charge in [0.2, 0.25) is 5.91 Å². The molecule has 0 aromatic heterocycles. The summed E-state index contributed by atoms with van der Waals surface area (Å²) < 4.78 is 23.4. The number of carbonyl (C=O) groups is 2. The van der Waals surface area contributed by atoms with Crippen LogP contribution in [0.25, 0.3) is 6.08 Å². The van der Waals surface area contributed by atoms with E-state index in [1.54, 1.807) is 61.7 Å². The molecule has 1 amide bonds. The second-order valence-electron chi connectivity index (χ2n) is 6.34. The number of methoxy groups -OCH3 is 1. The number of hydrogen-bond donors (Lipinski definition) is 1. The first-order chi connectivity index (χ1) is 14.5. The van der Waals surface area contributed by atoms with Crippen LogP contribution < -0.4 is 10.1 Å². The van der Waals surface area contributed by atoms with Crippen molar-refractivity contribution in [2.75, 3.05) is 12.4 Å². The number of rotatable bonds is 7. The lowest BCUT2D eigenvalue weighted by Crippen LogP contribution is -2.13. The van der Waals surface area contributed by atoms with E-state index in [9.17, 15) is 14.0 Å². The molecular formula is C24H20FNO4. The molecule has 6 heteroatoms. The van der Waals surface area contributed by atoms with Crippen molar-refractivity contribution in [3.63, 3.8) is 0 Å². The van der Waals surface area contributed by atoms with Gasteiger partial charge in [-0.05, 0) is 53.6 Å². The number of ether oxygens (including phenoxy) is 2. The Kier molecular flexibility index (Phi) is 6.95. The minimum absolute atomic E-state index is 0.00122. The summed E-state index contributed by atoms with van der Waals surface area (Å²) >= 11 is 0. The summed E-state index contributed by atoms with van der Waals surface area (Å²) in [7, 11) is 1.58. The van der Waals surface area contributed by atoms with Crippen molar-refractivity contribution >= 4 is 23.6 Å². The van der Waals surface area contributed by atoms with Crippen molar-refractivity contribution < 1.29 is 23.5 Å². The molecule has 0 aliphatic rings. The van der Waals surface area contributed by atoms with Crippen molar-refractivity contribution in [3.05, 3.63) is 101 Å². The number of hydrogen-bond acceptors (Lipinski definition) is 4. The van der Waals surface area contributed by atoms with Crippen molar-refractivity contribution in [1.82, 2.24) is 0 Å².